The maximum absolute atomic E-state index is 6.18. The average molecular weight is 227 g/mol. The van der Waals surface area contributed by atoms with E-state index in [0.717, 1.165) is 29.4 Å². The maximum Gasteiger partial charge on any atom is 0.0791 e. The first-order valence-electron chi connectivity index (χ1n) is 5.38. The van der Waals surface area contributed by atoms with Crippen molar-refractivity contribution in [3.05, 3.63) is 23.2 Å². The van der Waals surface area contributed by atoms with E-state index in [1.165, 1.54) is 0 Å². The van der Waals surface area contributed by atoms with Crippen molar-refractivity contribution >= 4 is 23.0 Å². The molecule has 2 N–H and O–H groups in total. The predicted octanol–water partition coefficient (Wildman–Crippen LogP) is 3.55. The van der Waals surface area contributed by atoms with Gasteiger partial charge >= 0.3 is 0 Å². The van der Waals surface area contributed by atoms with E-state index in [9.17, 15) is 0 Å². The van der Waals surface area contributed by atoms with Crippen molar-refractivity contribution in [1.82, 2.24) is 0 Å². The van der Waals surface area contributed by atoms with Crippen LogP contribution in [0.4, 0.5) is 11.4 Å². The fraction of sp³-hybridized carbons (Fsp3) is 0.500. The fourth-order valence-electron chi connectivity index (χ4n) is 1.70. The summed E-state index contributed by atoms with van der Waals surface area (Å²) in [5, 5.41) is 0.733. The molecule has 0 unspecified atom stereocenters. The van der Waals surface area contributed by atoms with Gasteiger partial charge in [0.1, 0.15) is 0 Å². The highest BCUT2D eigenvalue weighted by atomic mass is 35.5. The van der Waals surface area contributed by atoms with Crippen LogP contribution >= 0.6 is 11.6 Å². The average Bonchev–Trinajstić information content (AvgIpc) is 2.15. The number of nitrogen functional groups attached to an aromatic ring is 1. The molecule has 0 heterocycles. The van der Waals surface area contributed by atoms with Crippen LogP contribution in [0.25, 0.3) is 0 Å². The molecule has 3 heteroatoms. The molecule has 1 rings (SSSR count). The molecule has 0 bridgehead atoms. The predicted molar refractivity (Wildman–Crippen MR) is 68.6 cm³/mol. The number of hydrogen-bond acceptors (Lipinski definition) is 2. The van der Waals surface area contributed by atoms with Crippen molar-refractivity contribution < 1.29 is 0 Å². The number of nitrogens with two attached hydrogens (primary N) is 1. The highest BCUT2D eigenvalue weighted by Crippen LogP contribution is 2.33. The number of para-hydroxylation sites is 1. The zero-order chi connectivity index (χ0) is 11.4. The quantitative estimate of drug-likeness (QED) is 0.796. The van der Waals surface area contributed by atoms with Crippen molar-refractivity contribution in [3.63, 3.8) is 0 Å². The van der Waals surface area contributed by atoms with Gasteiger partial charge in [0.2, 0.25) is 0 Å². The van der Waals surface area contributed by atoms with Gasteiger partial charge in [-0.15, -0.1) is 0 Å². The van der Waals surface area contributed by atoms with Gasteiger partial charge in [0.05, 0.1) is 16.4 Å². The normalized spacial score (nSPS) is 10.7. The number of benzene rings is 1. The third kappa shape index (κ3) is 2.78. The van der Waals surface area contributed by atoms with Gasteiger partial charge in [-0.3, -0.25) is 0 Å². The van der Waals surface area contributed by atoms with Gasteiger partial charge in [0, 0.05) is 12.6 Å². The molecule has 0 aliphatic heterocycles. The summed E-state index contributed by atoms with van der Waals surface area (Å²) in [4.78, 5) is 2.25. The van der Waals surface area contributed by atoms with E-state index in [1.807, 2.05) is 18.2 Å². The molecule has 0 radical (unpaired) electrons. The molecule has 84 valence electrons. The van der Waals surface area contributed by atoms with Crippen LogP contribution in [-0.2, 0) is 0 Å². The van der Waals surface area contributed by atoms with Gasteiger partial charge in [-0.2, -0.15) is 0 Å². The van der Waals surface area contributed by atoms with E-state index >= 15 is 0 Å². The van der Waals surface area contributed by atoms with Crippen LogP contribution in [0.15, 0.2) is 18.2 Å². The Morgan fingerprint density at radius 2 is 2.07 bits per heavy atom. The highest BCUT2D eigenvalue weighted by molar-refractivity contribution is 6.34. The number of halogens is 1. The van der Waals surface area contributed by atoms with E-state index in [1.54, 1.807) is 0 Å². The lowest BCUT2D eigenvalue weighted by Gasteiger charge is -2.30. The number of rotatable bonds is 4. The third-order valence-electron chi connectivity index (χ3n) is 2.39. The number of hydrogen-bond donors (Lipinski definition) is 1. The Morgan fingerprint density at radius 3 is 2.53 bits per heavy atom. The Balaban J connectivity index is 3.10. The summed E-state index contributed by atoms with van der Waals surface area (Å²) in [6.45, 7) is 7.44. The van der Waals surface area contributed by atoms with Crippen LogP contribution in [0.3, 0.4) is 0 Å². The molecule has 0 fully saturated rings. The molecule has 0 saturated heterocycles. The molecule has 0 aliphatic rings. The summed E-state index contributed by atoms with van der Waals surface area (Å²) in [5.41, 5.74) is 7.69. The first kappa shape index (κ1) is 12.2. The SMILES string of the molecule is CCCN(c1c(N)cccc1Cl)C(C)C. The highest BCUT2D eigenvalue weighted by Gasteiger charge is 2.15. The van der Waals surface area contributed by atoms with E-state index in [0.29, 0.717) is 6.04 Å². The largest absolute Gasteiger partial charge is 0.397 e. The van der Waals surface area contributed by atoms with Gasteiger partial charge in [-0.25, -0.2) is 0 Å². The van der Waals surface area contributed by atoms with Crippen molar-refractivity contribution in [2.24, 2.45) is 0 Å². The molecule has 2 nitrogen and oxygen atoms in total. The van der Waals surface area contributed by atoms with Crippen LogP contribution in [0, 0.1) is 0 Å². The first-order chi connectivity index (χ1) is 7.07. The molecular formula is C12H19ClN2. The van der Waals surface area contributed by atoms with Gasteiger partial charge in [0.15, 0.2) is 0 Å². The molecule has 15 heavy (non-hydrogen) atoms. The minimum absolute atomic E-state index is 0.409. The summed E-state index contributed by atoms with van der Waals surface area (Å²) < 4.78 is 0. The first-order valence-corrected chi connectivity index (χ1v) is 5.76. The van der Waals surface area contributed by atoms with Gasteiger partial charge in [0.25, 0.3) is 0 Å². The Labute approximate surface area is 97.0 Å². The Morgan fingerprint density at radius 1 is 1.40 bits per heavy atom. The van der Waals surface area contributed by atoms with Crippen LogP contribution in [0.2, 0.25) is 5.02 Å². The van der Waals surface area contributed by atoms with Crippen molar-refractivity contribution in [2.45, 2.75) is 33.2 Å². The smallest absolute Gasteiger partial charge is 0.0791 e. The number of anilines is 2. The van der Waals surface area contributed by atoms with Crippen molar-refractivity contribution in [1.29, 1.82) is 0 Å². The van der Waals surface area contributed by atoms with E-state index < -0.39 is 0 Å². The molecule has 0 spiro atoms. The Hall–Kier alpha value is -0.890. The summed E-state index contributed by atoms with van der Waals surface area (Å²) in [6, 6.07) is 6.07. The van der Waals surface area contributed by atoms with Crippen molar-refractivity contribution in [2.75, 3.05) is 17.2 Å². The molecular weight excluding hydrogens is 208 g/mol. The fourth-order valence-corrected chi connectivity index (χ4v) is 1.99. The molecule has 0 aliphatic carbocycles. The molecule has 0 aromatic heterocycles. The second kappa shape index (κ2) is 5.26. The Bertz CT molecular complexity index is 303. The van der Waals surface area contributed by atoms with Gasteiger partial charge < -0.3 is 10.6 Å². The maximum atomic E-state index is 6.18. The van der Waals surface area contributed by atoms with Gasteiger partial charge in [-0.1, -0.05) is 24.6 Å². The zero-order valence-corrected chi connectivity index (χ0v) is 10.4. The minimum atomic E-state index is 0.409. The number of nitrogens with zero attached hydrogens (tertiary/aromatic N) is 1. The Kier molecular flexibility index (Phi) is 4.28. The molecule has 1 aromatic rings. The van der Waals surface area contributed by atoms with E-state index in [4.69, 9.17) is 17.3 Å². The second-order valence-electron chi connectivity index (χ2n) is 3.96. The minimum Gasteiger partial charge on any atom is -0.397 e. The van der Waals surface area contributed by atoms with Crippen LogP contribution in [0.1, 0.15) is 27.2 Å². The van der Waals surface area contributed by atoms with E-state index in [-0.39, 0.29) is 0 Å². The second-order valence-corrected chi connectivity index (χ2v) is 4.37. The summed E-state index contributed by atoms with van der Waals surface area (Å²) >= 11 is 6.18. The lowest BCUT2D eigenvalue weighted by Crippen LogP contribution is -2.32. The monoisotopic (exact) mass is 226 g/mol. The van der Waals surface area contributed by atoms with Crippen LogP contribution in [-0.4, -0.2) is 12.6 Å². The lowest BCUT2D eigenvalue weighted by molar-refractivity contribution is 0.672. The summed E-state index contributed by atoms with van der Waals surface area (Å²) in [7, 11) is 0. The van der Waals surface area contributed by atoms with Crippen molar-refractivity contribution in [3.8, 4) is 0 Å². The standard InChI is InChI=1S/C12H19ClN2/c1-4-8-15(9(2)3)12-10(13)6-5-7-11(12)14/h5-7,9H,4,8,14H2,1-3H3. The molecule has 0 atom stereocenters. The molecule has 0 amide bonds. The molecule has 0 saturated carbocycles. The van der Waals surface area contributed by atoms with Crippen LogP contribution in [0.5, 0.6) is 0 Å². The summed E-state index contributed by atoms with van der Waals surface area (Å²) in [5.74, 6) is 0. The molecule has 1 aromatic carbocycles. The lowest BCUT2D eigenvalue weighted by atomic mass is 10.2. The summed E-state index contributed by atoms with van der Waals surface area (Å²) in [6.07, 6.45) is 1.09. The van der Waals surface area contributed by atoms with Crippen LogP contribution < -0.4 is 10.6 Å². The zero-order valence-electron chi connectivity index (χ0n) is 9.63. The third-order valence-corrected chi connectivity index (χ3v) is 2.70. The topological polar surface area (TPSA) is 29.3 Å². The van der Waals surface area contributed by atoms with E-state index in [2.05, 4.69) is 25.7 Å². The van der Waals surface area contributed by atoms with Gasteiger partial charge in [-0.05, 0) is 32.4 Å².